The van der Waals surface area contributed by atoms with Crippen LogP contribution in [0.3, 0.4) is 0 Å². The highest BCUT2D eigenvalue weighted by Crippen LogP contribution is 2.16. The van der Waals surface area contributed by atoms with Gasteiger partial charge in [0.2, 0.25) is 0 Å². The number of hydrogen-bond donors (Lipinski definition) is 1. The van der Waals surface area contributed by atoms with Gasteiger partial charge in [-0.25, -0.2) is 9.59 Å². The Hall–Kier alpha value is -1.26. The average Bonchev–Trinajstić information content (AvgIpc) is 2.39. The minimum Gasteiger partial charge on any atom is -0.467 e. The first kappa shape index (κ1) is 18.7. The molecule has 0 aromatic heterocycles. The molecule has 5 heteroatoms. The molecule has 0 aromatic carbocycles. The van der Waals surface area contributed by atoms with Crippen molar-refractivity contribution in [3.63, 3.8) is 0 Å². The van der Waals surface area contributed by atoms with Gasteiger partial charge in [0.15, 0.2) is 0 Å². The fourth-order valence-electron chi connectivity index (χ4n) is 2.14. The fourth-order valence-corrected chi connectivity index (χ4v) is 2.14. The van der Waals surface area contributed by atoms with Gasteiger partial charge in [-0.15, -0.1) is 0 Å². The van der Waals surface area contributed by atoms with Gasteiger partial charge in [0.05, 0.1) is 7.11 Å². The van der Waals surface area contributed by atoms with Crippen molar-refractivity contribution in [2.75, 3.05) is 7.11 Å². The lowest BCUT2D eigenvalue weighted by atomic mass is 9.96. The molecule has 0 aliphatic carbocycles. The molecule has 1 N–H and O–H groups in total. The number of nitrogens with one attached hydrogen (secondary N) is 1. The molecule has 0 saturated heterocycles. The van der Waals surface area contributed by atoms with Crippen molar-refractivity contribution < 1.29 is 19.1 Å². The van der Waals surface area contributed by atoms with Gasteiger partial charge in [-0.2, -0.15) is 0 Å². The number of ether oxygens (including phenoxy) is 2. The van der Waals surface area contributed by atoms with Gasteiger partial charge in [0.25, 0.3) is 0 Å². The van der Waals surface area contributed by atoms with Gasteiger partial charge >= 0.3 is 12.1 Å². The lowest BCUT2D eigenvalue weighted by Gasteiger charge is -2.26. The van der Waals surface area contributed by atoms with Crippen LogP contribution in [0.15, 0.2) is 0 Å². The number of unbranched alkanes of at least 4 members (excludes halogenated alkanes) is 1. The Labute approximate surface area is 122 Å². The molecule has 0 fully saturated rings. The van der Waals surface area contributed by atoms with Crippen molar-refractivity contribution in [2.24, 2.45) is 11.8 Å². The maximum atomic E-state index is 11.9. The van der Waals surface area contributed by atoms with Crippen LogP contribution in [0, 0.1) is 11.8 Å². The van der Waals surface area contributed by atoms with Crippen LogP contribution in [0.1, 0.15) is 53.9 Å². The van der Waals surface area contributed by atoms with Gasteiger partial charge < -0.3 is 14.8 Å². The number of methoxy groups -OCH3 is 1. The van der Waals surface area contributed by atoms with Crippen LogP contribution < -0.4 is 5.32 Å². The summed E-state index contributed by atoms with van der Waals surface area (Å²) in [5, 5.41) is 2.61. The highest BCUT2D eigenvalue weighted by molar-refractivity contribution is 5.81. The predicted molar refractivity (Wildman–Crippen MR) is 78.4 cm³/mol. The SMILES string of the molecule is CCCC[C@H](NC(=O)OC(C(C)C)C(C)C)C(=O)OC. The number of carbonyl (C=O) groups excluding carboxylic acids is 2. The Morgan fingerprint density at radius 1 is 1.10 bits per heavy atom. The summed E-state index contributed by atoms with van der Waals surface area (Å²) in [6.07, 6.45) is 1.64. The van der Waals surface area contributed by atoms with Crippen LogP contribution in [0.25, 0.3) is 0 Å². The number of hydrogen-bond acceptors (Lipinski definition) is 4. The van der Waals surface area contributed by atoms with Crippen LogP contribution in [-0.2, 0) is 14.3 Å². The molecule has 1 amide bonds. The van der Waals surface area contributed by atoms with E-state index in [2.05, 4.69) is 5.32 Å². The second kappa shape index (κ2) is 9.61. The summed E-state index contributed by atoms with van der Waals surface area (Å²) in [7, 11) is 1.32. The van der Waals surface area contributed by atoms with E-state index in [1.165, 1.54) is 7.11 Å². The maximum Gasteiger partial charge on any atom is 0.408 e. The van der Waals surface area contributed by atoms with Crippen molar-refractivity contribution in [1.29, 1.82) is 0 Å². The van der Waals surface area contributed by atoms with E-state index < -0.39 is 18.1 Å². The van der Waals surface area contributed by atoms with E-state index >= 15 is 0 Å². The second-order valence-corrected chi connectivity index (χ2v) is 5.72. The van der Waals surface area contributed by atoms with Crippen molar-refractivity contribution in [3.05, 3.63) is 0 Å². The first-order valence-electron chi connectivity index (χ1n) is 7.38. The minimum atomic E-state index is -0.632. The maximum absolute atomic E-state index is 11.9. The van der Waals surface area contributed by atoms with E-state index in [0.717, 1.165) is 12.8 Å². The smallest absolute Gasteiger partial charge is 0.408 e. The van der Waals surface area contributed by atoms with Crippen LogP contribution in [-0.4, -0.2) is 31.3 Å². The molecule has 0 bridgehead atoms. The lowest BCUT2D eigenvalue weighted by Crippen LogP contribution is -2.44. The zero-order valence-corrected chi connectivity index (χ0v) is 13.6. The Bertz CT molecular complexity index is 294. The predicted octanol–water partition coefficient (Wildman–Crippen LogP) is 3.13. The Balaban J connectivity index is 4.54. The van der Waals surface area contributed by atoms with Crippen LogP contribution in [0.4, 0.5) is 4.79 Å². The summed E-state index contributed by atoms with van der Waals surface area (Å²) in [5.74, 6) is 0.0296. The van der Waals surface area contributed by atoms with Gasteiger partial charge in [-0.3, -0.25) is 0 Å². The zero-order chi connectivity index (χ0) is 15.7. The topological polar surface area (TPSA) is 64.6 Å². The number of amides is 1. The third-order valence-corrected chi connectivity index (χ3v) is 3.18. The first-order valence-corrected chi connectivity index (χ1v) is 7.38. The van der Waals surface area contributed by atoms with Crippen LogP contribution >= 0.6 is 0 Å². The normalized spacial score (nSPS) is 12.7. The molecule has 20 heavy (non-hydrogen) atoms. The largest absolute Gasteiger partial charge is 0.467 e. The molecule has 5 nitrogen and oxygen atoms in total. The lowest BCUT2D eigenvalue weighted by molar-refractivity contribution is -0.143. The number of esters is 1. The van der Waals surface area contributed by atoms with Gasteiger partial charge in [-0.1, -0.05) is 47.5 Å². The van der Waals surface area contributed by atoms with Crippen LogP contribution in [0.2, 0.25) is 0 Å². The zero-order valence-electron chi connectivity index (χ0n) is 13.6. The van der Waals surface area contributed by atoms with Crippen molar-refractivity contribution in [1.82, 2.24) is 5.32 Å². The number of rotatable bonds is 8. The summed E-state index contributed by atoms with van der Waals surface area (Å²) in [6, 6.07) is -0.632. The monoisotopic (exact) mass is 287 g/mol. The summed E-state index contributed by atoms with van der Waals surface area (Å²) in [5.41, 5.74) is 0. The second-order valence-electron chi connectivity index (χ2n) is 5.72. The quantitative estimate of drug-likeness (QED) is 0.697. The molecule has 0 radical (unpaired) electrons. The molecule has 1 atom stereocenters. The standard InChI is InChI=1S/C15H29NO4/c1-7-8-9-12(14(17)19-6)16-15(18)20-13(10(2)3)11(4)5/h10-13H,7-9H2,1-6H3,(H,16,18)/t12-/m0/s1. The van der Waals surface area contributed by atoms with Crippen LogP contribution in [0.5, 0.6) is 0 Å². The summed E-state index contributed by atoms with van der Waals surface area (Å²) >= 11 is 0. The molecule has 0 saturated carbocycles. The molecule has 0 unspecified atom stereocenters. The van der Waals surface area contributed by atoms with E-state index in [1.807, 2.05) is 34.6 Å². The molecule has 0 heterocycles. The van der Waals surface area contributed by atoms with Gasteiger partial charge in [-0.05, 0) is 18.3 Å². The third kappa shape index (κ3) is 6.78. The fraction of sp³-hybridized carbons (Fsp3) is 0.867. The summed E-state index contributed by atoms with van der Waals surface area (Å²) in [6.45, 7) is 10.1. The molecule has 0 aliphatic heterocycles. The Kier molecular flexibility index (Phi) is 9.01. The van der Waals surface area contributed by atoms with E-state index in [-0.39, 0.29) is 17.9 Å². The molecule has 0 aliphatic rings. The minimum absolute atomic E-state index is 0.167. The first-order chi connectivity index (χ1) is 9.33. The Morgan fingerprint density at radius 3 is 2.05 bits per heavy atom. The number of carbonyl (C=O) groups is 2. The summed E-state index contributed by atoms with van der Waals surface area (Å²) in [4.78, 5) is 23.5. The molecule has 0 aromatic rings. The Morgan fingerprint density at radius 2 is 1.65 bits per heavy atom. The molecular weight excluding hydrogens is 258 g/mol. The van der Waals surface area contributed by atoms with Crippen molar-refractivity contribution in [3.8, 4) is 0 Å². The van der Waals surface area contributed by atoms with Gasteiger partial charge in [0, 0.05) is 0 Å². The third-order valence-electron chi connectivity index (χ3n) is 3.18. The highest BCUT2D eigenvalue weighted by atomic mass is 16.6. The highest BCUT2D eigenvalue weighted by Gasteiger charge is 2.26. The summed E-state index contributed by atoms with van der Waals surface area (Å²) < 4.78 is 10.1. The van der Waals surface area contributed by atoms with E-state index in [4.69, 9.17) is 9.47 Å². The molecule has 0 rings (SSSR count). The van der Waals surface area contributed by atoms with E-state index in [0.29, 0.717) is 6.42 Å². The van der Waals surface area contributed by atoms with E-state index in [1.54, 1.807) is 0 Å². The van der Waals surface area contributed by atoms with Crippen molar-refractivity contribution >= 4 is 12.1 Å². The molecule has 118 valence electrons. The van der Waals surface area contributed by atoms with Gasteiger partial charge in [0.1, 0.15) is 12.1 Å². The number of alkyl carbamates (subject to hydrolysis) is 1. The molecule has 0 spiro atoms. The van der Waals surface area contributed by atoms with E-state index in [9.17, 15) is 9.59 Å². The molecular formula is C15H29NO4. The average molecular weight is 287 g/mol. The van der Waals surface area contributed by atoms with Crippen molar-refractivity contribution in [2.45, 2.75) is 66.0 Å².